The molecule has 2 aromatic heterocycles. The van der Waals surface area contributed by atoms with Crippen LogP contribution in [0.2, 0.25) is 10.3 Å². The summed E-state index contributed by atoms with van der Waals surface area (Å²) in [7, 11) is 0. The van der Waals surface area contributed by atoms with Crippen LogP contribution in [0.15, 0.2) is 22.7 Å². The molecule has 1 aliphatic rings. The van der Waals surface area contributed by atoms with Crippen molar-refractivity contribution >= 4 is 56.3 Å². The Hall–Kier alpha value is -1.44. The largest absolute Gasteiger partial charge is 0.382 e. The van der Waals surface area contributed by atoms with Crippen molar-refractivity contribution in [3.05, 3.63) is 38.6 Å². The number of halogens is 3. The van der Waals surface area contributed by atoms with E-state index in [0.717, 1.165) is 24.3 Å². The van der Waals surface area contributed by atoms with Gasteiger partial charge in [-0.1, -0.05) is 36.2 Å². The van der Waals surface area contributed by atoms with Gasteiger partial charge >= 0.3 is 0 Å². The van der Waals surface area contributed by atoms with Gasteiger partial charge in [0.05, 0.1) is 4.47 Å². The van der Waals surface area contributed by atoms with E-state index in [9.17, 15) is 0 Å². The molecular formula is C15H17BrCl2N6. The van der Waals surface area contributed by atoms with Crippen LogP contribution in [0.5, 0.6) is 0 Å². The SMILES string of the molecule is CC1CC=C(c2cc(Cl)nnc2N)CC1.Nc1nnc(Cl)cc1Br. The summed E-state index contributed by atoms with van der Waals surface area (Å²) >= 11 is 14.4. The van der Waals surface area contributed by atoms with Crippen molar-refractivity contribution in [2.45, 2.75) is 26.2 Å². The predicted molar refractivity (Wildman–Crippen MR) is 102 cm³/mol. The molecule has 0 spiro atoms. The highest BCUT2D eigenvalue weighted by atomic mass is 79.9. The van der Waals surface area contributed by atoms with E-state index in [1.165, 1.54) is 12.0 Å². The average molecular weight is 432 g/mol. The van der Waals surface area contributed by atoms with E-state index in [2.05, 4.69) is 49.3 Å². The molecule has 3 rings (SSSR count). The summed E-state index contributed by atoms with van der Waals surface area (Å²) in [4.78, 5) is 0. The van der Waals surface area contributed by atoms with Crippen LogP contribution in [0.1, 0.15) is 31.7 Å². The molecule has 1 unspecified atom stereocenters. The Labute approximate surface area is 158 Å². The van der Waals surface area contributed by atoms with Crippen molar-refractivity contribution in [3.8, 4) is 0 Å². The van der Waals surface area contributed by atoms with Gasteiger partial charge < -0.3 is 11.5 Å². The lowest BCUT2D eigenvalue weighted by Gasteiger charge is -2.18. The Morgan fingerprint density at radius 2 is 1.67 bits per heavy atom. The molecule has 0 amide bonds. The minimum absolute atomic E-state index is 0.330. The monoisotopic (exact) mass is 430 g/mol. The summed E-state index contributed by atoms with van der Waals surface area (Å²) in [6, 6.07) is 3.38. The predicted octanol–water partition coefficient (Wildman–Crippen LogP) is 4.39. The van der Waals surface area contributed by atoms with E-state index >= 15 is 0 Å². The van der Waals surface area contributed by atoms with Gasteiger partial charge in [0.15, 0.2) is 21.9 Å². The Kier molecular flexibility index (Phi) is 6.77. The molecule has 2 heterocycles. The Morgan fingerprint density at radius 1 is 1.04 bits per heavy atom. The van der Waals surface area contributed by atoms with Gasteiger partial charge in [-0.15, -0.1) is 20.4 Å². The summed E-state index contributed by atoms with van der Waals surface area (Å²) in [6.07, 6.45) is 5.59. The average Bonchev–Trinajstić information content (AvgIpc) is 2.55. The van der Waals surface area contributed by atoms with E-state index in [4.69, 9.17) is 34.7 Å². The zero-order valence-corrected chi connectivity index (χ0v) is 16.1. The molecule has 0 bridgehead atoms. The van der Waals surface area contributed by atoms with Crippen LogP contribution in [0.25, 0.3) is 5.57 Å². The van der Waals surface area contributed by atoms with Crippen LogP contribution in [0, 0.1) is 5.92 Å². The van der Waals surface area contributed by atoms with Crippen molar-refractivity contribution in [3.63, 3.8) is 0 Å². The molecule has 9 heteroatoms. The summed E-state index contributed by atoms with van der Waals surface area (Å²) in [5.74, 6) is 1.58. The number of hydrogen-bond acceptors (Lipinski definition) is 6. The molecule has 0 aliphatic heterocycles. The minimum atomic E-state index is 0.330. The number of rotatable bonds is 1. The summed E-state index contributed by atoms with van der Waals surface area (Å²) in [5, 5.41) is 15.3. The Morgan fingerprint density at radius 3 is 2.21 bits per heavy atom. The molecule has 6 nitrogen and oxygen atoms in total. The lowest BCUT2D eigenvalue weighted by Crippen LogP contribution is -2.05. The van der Waals surface area contributed by atoms with E-state index in [0.29, 0.717) is 26.4 Å². The molecule has 0 saturated heterocycles. The molecule has 128 valence electrons. The third-order valence-corrected chi connectivity index (χ3v) is 4.56. The molecule has 0 saturated carbocycles. The fraction of sp³-hybridized carbons (Fsp3) is 0.333. The topological polar surface area (TPSA) is 104 Å². The van der Waals surface area contributed by atoms with Crippen LogP contribution in [-0.4, -0.2) is 20.4 Å². The molecule has 1 aliphatic carbocycles. The van der Waals surface area contributed by atoms with Gasteiger partial charge in [0.25, 0.3) is 0 Å². The Balaban J connectivity index is 0.000000198. The number of nitrogen functional groups attached to an aromatic ring is 2. The van der Waals surface area contributed by atoms with Crippen molar-refractivity contribution in [1.29, 1.82) is 0 Å². The lowest BCUT2D eigenvalue weighted by atomic mass is 9.88. The zero-order chi connectivity index (χ0) is 17.7. The van der Waals surface area contributed by atoms with E-state index in [1.54, 1.807) is 12.1 Å². The number of hydrogen-bond donors (Lipinski definition) is 2. The normalized spacial score (nSPS) is 16.8. The van der Waals surface area contributed by atoms with Crippen LogP contribution < -0.4 is 11.5 Å². The van der Waals surface area contributed by atoms with Crippen molar-refractivity contribution in [2.75, 3.05) is 11.5 Å². The summed E-state index contributed by atoms with van der Waals surface area (Å²) < 4.78 is 0.669. The van der Waals surface area contributed by atoms with E-state index in [-0.39, 0.29) is 0 Å². The van der Waals surface area contributed by atoms with Gasteiger partial charge in [0.2, 0.25) is 0 Å². The maximum Gasteiger partial charge on any atom is 0.160 e. The van der Waals surface area contributed by atoms with Crippen molar-refractivity contribution in [1.82, 2.24) is 20.4 Å². The van der Waals surface area contributed by atoms with E-state index < -0.39 is 0 Å². The molecule has 4 N–H and O–H groups in total. The minimum Gasteiger partial charge on any atom is -0.382 e. The second-order valence-corrected chi connectivity index (χ2v) is 7.10. The fourth-order valence-corrected chi connectivity index (χ4v) is 2.92. The molecule has 24 heavy (non-hydrogen) atoms. The first-order valence-electron chi connectivity index (χ1n) is 7.29. The van der Waals surface area contributed by atoms with Gasteiger partial charge in [-0.3, -0.25) is 0 Å². The smallest absolute Gasteiger partial charge is 0.160 e. The first kappa shape index (κ1) is 18.9. The number of allylic oxidation sites excluding steroid dienone is 2. The standard InChI is InChI=1S/C11H14ClN3.C4H3BrClN3/c1-7-2-4-8(5-3-7)9-6-10(12)14-15-11(9)13;5-2-1-3(6)8-9-4(2)7/h4,6-7H,2-3,5H2,1H3,(H2,13,15);1H,(H2,7,9). The van der Waals surface area contributed by atoms with Crippen molar-refractivity contribution in [2.24, 2.45) is 5.92 Å². The summed E-state index contributed by atoms with van der Waals surface area (Å²) in [6.45, 7) is 2.26. The highest BCUT2D eigenvalue weighted by Gasteiger charge is 2.14. The van der Waals surface area contributed by atoms with Crippen LogP contribution in [0.3, 0.4) is 0 Å². The molecule has 0 radical (unpaired) electrons. The second-order valence-electron chi connectivity index (χ2n) is 5.48. The molecule has 0 aromatic carbocycles. The molecule has 2 aromatic rings. The van der Waals surface area contributed by atoms with Gasteiger partial charge in [-0.05, 0) is 58.8 Å². The van der Waals surface area contributed by atoms with Crippen LogP contribution >= 0.6 is 39.1 Å². The highest BCUT2D eigenvalue weighted by Crippen LogP contribution is 2.32. The molecule has 1 atom stereocenters. The molecule has 0 fully saturated rings. The third-order valence-electron chi connectivity index (χ3n) is 3.56. The second kappa shape index (κ2) is 8.60. The maximum atomic E-state index is 5.81. The number of anilines is 2. The molecular weight excluding hydrogens is 415 g/mol. The quantitative estimate of drug-likeness (QED) is 0.693. The highest BCUT2D eigenvalue weighted by molar-refractivity contribution is 9.10. The van der Waals surface area contributed by atoms with Crippen molar-refractivity contribution < 1.29 is 0 Å². The fourth-order valence-electron chi connectivity index (χ4n) is 2.20. The van der Waals surface area contributed by atoms with Gasteiger partial charge in [-0.25, -0.2) is 0 Å². The first-order valence-corrected chi connectivity index (χ1v) is 8.84. The third kappa shape index (κ3) is 5.29. The van der Waals surface area contributed by atoms with Gasteiger partial charge in [0.1, 0.15) is 0 Å². The van der Waals surface area contributed by atoms with Crippen LogP contribution in [0.4, 0.5) is 11.6 Å². The zero-order valence-electron chi connectivity index (χ0n) is 13.0. The number of nitrogens with zero attached hydrogens (tertiary/aromatic N) is 4. The maximum absolute atomic E-state index is 5.81. The van der Waals surface area contributed by atoms with Crippen LogP contribution in [-0.2, 0) is 0 Å². The first-order chi connectivity index (χ1) is 11.4. The Bertz CT molecular complexity index is 753. The number of nitrogens with two attached hydrogens (primary N) is 2. The summed E-state index contributed by atoms with van der Waals surface area (Å²) in [5.41, 5.74) is 13.3. The van der Waals surface area contributed by atoms with Gasteiger partial charge in [-0.2, -0.15) is 0 Å². The lowest BCUT2D eigenvalue weighted by molar-refractivity contribution is 0.534. The van der Waals surface area contributed by atoms with E-state index in [1.807, 2.05) is 0 Å². The number of aromatic nitrogens is 4. The van der Waals surface area contributed by atoms with Gasteiger partial charge in [0, 0.05) is 5.56 Å².